The summed E-state index contributed by atoms with van der Waals surface area (Å²) in [5, 5.41) is 5.48. The van der Waals surface area contributed by atoms with Crippen molar-refractivity contribution in [2.75, 3.05) is 13.2 Å². The number of ether oxygens (including phenoxy) is 1. The zero-order valence-electron chi connectivity index (χ0n) is 14.2. The highest BCUT2D eigenvalue weighted by Crippen LogP contribution is 2.17. The lowest BCUT2D eigenvalue weighted by Gasteiger charge is -2.15. The quantitative estimate of drug-likeness (QED) is 0.742. The molecule has 0 spiro atoms. The molecule has 0 saturated carbocycles. The average molecular weight is 405 g/mol. The van der Waals surface area contributed by atoms with Gasteiger partial charge in [0.15, 0.2) is 0 Å². The second kappa shape index (κ2) is 9.22. The Labute approximate surface area is 155 Å². The smallest absolute Gasteiger partial charge is 0.251 e. The molecule has 132 valence electrons. The van der Waals surface area contributed by atoms with Crippen molar-refractivity contribution < 1.29 is 14.3 Å². The lowest BCUT2D eigenvalue weighted by atomic mass is 10.1. The molecule has 1 atom stereocenters. The molecular formula is C19H21BrN2O3. The Morgan fingerprint density at radius 1 is 1.16 bits per heavy atom. The van der Waals surface area contributed by atoms with Crippen LogP contribution in [0.15, 0.2) is 53.0 Å². The van der Waals surface area contributed by atoms with Crippen LogP contribution in [0, 0.1) is 0 Å². The number of halogens is 1. The first-order chi connectivity index (χ1) is 12.0. The summed E-state index contributed by atoms with van der Waals surface area (Å²) in [5.41, 5.74) is 1.47. The van der Waals surface area contributed by atoms with E-state index in [1.54, 1.807) is 24.3 Å². The Balaban J connectivity index is 1.83. The lowest BCUT2D eigenvalue weighted by molar-refractivity contribution is -0.120. The highest BCUT2D eigenvalue weighted by molar-refractivity contribution is 9.10. The van der Waals surface area contributed by atoms with E-state index in [1.807, 2.05) is 38.1 Å². The largest absolute Gasteiger partial charge is 0.494 e. The SMILES string of the molecule is CCOc1ccc(C(=O)NCC(=O)NC(C)c2cccc(Br)c2)cc1. The lowest BCUT2D eigenvalue weighted by Crippen LogP contribution is -2.38. The molecule has 0 aromatic heterocycles. The van der Waals surface area contributed by atoms with Gasteiger partial charge in [0.05, 0.1) is 19.2 Å². The number of hydrogen-bond donors (Lipinski definition) is 2. The van der Waals surface area contributed by atoms with Gasteiger partial charge in [0.2, 0.25) is 5.91 Å². The molecule has 0 fully saturated rings. The first kappa shape index (κ1) is 19.0. The Hall–Kier alpha value is -2.34. The van der Waals surface area contributed by atoms with Gasteiger partial charge in [-0.1, -0.05) is 28.1 Å². The van der Waals surface area contributed by atoms with Crippen LogP contribution in [0.2, 0.25) is 0 Å². The van der Waals surface area contributed by atoms with E-state index in [4.69, 9.17) is 4.74 Å². The van der Waals surface area contributed by atoms with Gasteiger partial charge in [-0.05, 0) is 55.8 Å². The van der Waals surface area contributed by atoms with E-state index in [1.165, 1.54) is 0 Å². The molecule has 0 heterocycles. The normalized spacial score (nSPS) is 11.5. The van der Waals surface area contributed by atoms with E-state index < -0.39 is 0 Å². The van der Waals surface area contributed by atoms with Crippen molar-refractivity contribution >= 4 is 27.7 Å². The third-order valence-electron chi connectivity index (χ3n) is 3.56. The van der Waals surface area contributed by atoms with Crippen LogP contribution in [-0.2, 0) is 4.79 Å². The second-order valence-electron chi connectivity index (χ2n) is 5.48. The second-order valence-corrected chi connectivity index (χ2v) is 6.40. The van der Waals surface area contributed by atoms with Crippen molar-refractivity contribution in [3.63, 3.8) is 0 Å². The molecule has 0 saturated heterocycles. The van der Waals surface area contributed by atoms with E-state index in [2.05, 4.69) is 26.6 Å². The van der Waals surface area contributed by atoms with Gasteiger partial charge in [-0.2, -0.15) is 0 Å². The summed E-state index contributed by atoms with van der Waals surface area (Å²) in [6.45, 7) is 4.29. The van der Waals surface area contributed by atoms with Crippen LogP contribution in [-0.4, -0.2) is 25.0 Å². The Morgan fingerprint density at radius 2 is 1.88 bits per heavy atom. The van der Waals surface area contributed by atoms with Gasteiger partial charge in [0.1, 0.15) is 5.75 Å². The number of carbonyl (C=O) groups is 2. The minimum absolute atomic E-state index is 0.0790. The maximum atomic E-state index is 12.1. The molecule has 1 unspecified atom stereocenters. The zero-order chi connectivity index (χ0) is 18.2. The van der Waals surface area contributed by atoms with Crippen LogP contribution < -0.4 is 15.4 Å². The van der Waals surface area contributed by atoms with Crippen LogP contribution in [0.4, 0.5) is 0 Å². The number of amides is 2. The highest BCUT2D eigenvalue weighted by Gasteiger charge is 2.12. The fraction of sp³-hybridized carbons (Fsp3) is 0.263. The van der Waals surface area contributed by atoms with Crippen molar-refractivity contribution in [1.82, 2.24) is 10.6 Å². The topological polar surface area (TPSA) is 67.4 Å². The van der Waals surface area contributed by atoms with E-state index in [-0.39, 0.29) is 24.4 Å². The van der Waals surface area contributed by atoms with Crippen molar-refractivity contribution in [1.29, 1.82) is 0 Å². The van der Waals surface area contributed by atoms with E-state index in [9.17, 15) is 9.59 Å². The molecule has 0 radical (unpaired) electrons. The van der Waals surface area contributed by atoms with Crippen LogP contribution >= 0.6 is 15.9 Å². The highest BCUT2D eigenvalue weighted by atomic mass is 79.9. The molecule has 2 aromatic rings. The summed E-state index contributed by atoms with van der Waals surface area (Å²) < 4.78 is 6.29. The molecule has 2 aromatic carbocycles. The predicted octanol–water partition coefficient (Wildman–Crippen LogP) is 3.46. The van der Waals surface area contributed by atoms with E-state index in [0.29, 0.717) is 17.9 Å². The third-order valence-corrected chi connectivity index (χ3v) is 4.06. The minimum atomic E-state index is -0.298. The number of benzene rings is 2. The first-order valence-corrected chi connectivity index (χ1v) is 8.84. The van der Waals surface area contributed by atoms with Crippen LogP contribution in [0.5, 0.6) is 5.75 Å². The van der Waals surface area contributed by atoms with Gasteiger partial charge in [-0.25, -0.2) is 0 Å². The number of rotatable bonds is 7. The molecule has 25 heavy (non-hydrogen) atoms. The minimum Gasteiger partial charge on any atom is -0.494 e. The van der Waals surface area contributed by atoms with E-state index in [0.717, 1.165) is 10.0 Å². The van der Waals surface area contributed by atoms with E-state index >= 15 is 0 Å². The van der Waals surface area contributed by atoms with Gasteiger partial charge in [0.25, 0.3) is 5.91 Å². The third kappa shape index (κ3) is 5.90. The summed E-state index contributed by atoms with van der Waals surface area (Å²) >= 11 is 3.41. The van der Waals surface area contributed by atoms with Gasteiger partial charge in [-0.15, -0.1) is 0 Å². The number of hydrogen-bond acceptors (Lipinski definition) is 3. The van der Waals surface area contributed by atoms with Gasteiger partial charge in [-0.3, -0.25) is 9.59 Å². The Kier molecular flexibility index (Phi) is 7.01. The van der Waals surface area contributed by atoms with Crippen LogP contribution in [0.1, 0.15) is 35.8 Å². The van der Waals surface area contributed by atoms with Crippen molar-refractivity contribution in [3.8, 4) is 5.75 Å². The summed E-state index contributed by atoms with van der Waals surface area (Å²) in [6, 6.07) is 14.4. The molecular weight excluding hydrogens is 384 g/mol. The molecule has 0 aliphatic carbocycles. The van der Waals surface area contributed by atoms with Crippen LogP contribution in [0.25, 0.3) is 0 Å². The van der Waals surface area contributed by atoms with Gasteiger partial charge < -0.3 is 15.4 Å². The molecule has 5 nitrogen and oxygen atoms in total. The maximum absolute atomic E-state index is 12.1. The summed E-state index contributed by atoms with van der Waals surface area (Å²) in [6.07, 6.45) is 0. The standard InChI is InChI=1S/C19H21BrN2O3/c1-3-25-17-9-7-14(8-10-17)19(24)21-12-18(23)22-13(2)15-5-4-6-16(20)11-15/h4-11,13H,3,12H2,1-2H3,(H,21,24)(H,22,23). The van der Waals surface area contributed by atoms with Crippen molar-refractivity contribution in [2.24, 2.45) is 0 Å². The Morgan fingerprint density at radius 3 is 2.52 bits per heavy atom. The van der Waals surface area contributed by atoms with Gasteiger partial charge >= 0.3 is 0 Å². The molecule has 2 amide bonds. The molecule has 6 heteroatoms. The van der Waals surface area contributed by atoms with Crippen molar-refractivity contribution in [2.45, 2.75) is 19.9 Å². The predicted molar refractivity (Wildman–Crippen MR) is 101 cm³/mol. The van der Waals surface area contributed by atoms with Gasteiger partial charge in [0, 0.05) is 10.0 Å². The maximum Gasteiger partial charge on any atom is 0.251 e. The molecule has 2 rings (SSSR count). The number of carbonyl (C=O) groups excluding carboxylic acids is 2. The zero-order valence-corrected chi connectivity index (χ0v) is 15.8. The molecule has 0 aliphatic rings. The fourth-order valence-corrected chi connectivity index (χ4v) is 2.70. The Bertz CT molecular complexity index is 732. The summed E-state index contributed by atoms with van der Waals surface area (Å²) in [4.78, 5) is 24.1. The average Bonchev–Trinajstić information content (AvgIpc) is 2.60. The fourth-order valence-electron chi connectivity index (χ4n) is 2.28. The van der Waals surface area contributed by atoms with Crippen molar-refractivity contribution in [3.05, 3.63) is 64.1 Å². The molecule has 0 aliphatic heterocycles. The summed E-state index contributed by atoms with van der Waals surface area (Å²) in [5.74, 6) is 0.166. The summed E-state index contributed by atoms with van der Waals surface area (Å²) in [7, 11) is 0. The number of nitrogens with one attached hydrogen (secondary N) is 2. The molecule has 0 bridgehead atoms. The first-order valence-electron chi connectivity index (χ1n) is 8.05. The van der Waals surface area contributed by atoms with Crippen LogP contribution in [0.3, 0.4) is 0 Å². The monoisotopic (exact) mass is 404 g/mol. The molecule has 2 N–H and O–H groups in total.